The van der Waals surface area contributed by atoms with Crippen LogP contribution in [-0.4, -0.2) is 43.7 Å². The molecule has 0 aliphatic carbocycles. The number of hydrogen-bond acceptors (Lipinski definition) is 5. The predicted molar refractivity (Wildman–Crippen MR) is 73.6 cm³/mol. The van der Waals surface area contributed by atoms with Gasteiger partial charge in [0.25, 0.3) is 0 Å². The molecule has 1 aromatic carbocycles. The molecule has 1 aromatic rings. The number of carbonyl (C=O) groups is 2. The van der Waals surface area contributed by atoms with E-state index >= 15 is 0 Å². The Morgan fingerprint density at radius 1 is 1.30 bits per heavy atom. The molecule has 2 N–H and O–H groups in total. The smallest absolute Gasteiger partial charge is 0.304 e. The summed E-state index contributed by atoms with van der Waals surface area (Å²) in [5, 5.41) is 11.4. The van der Waals surface area contributed by atoms with Crippen molar-refractivity contribution in [1.82, 2.24) is 5.32 Å². The van der Waals surface area contributed by atoms with E-state index < -0.39 is 12.0 Å². The first kappa shape index (κ1) is 16.0. The van der Waals surface area contributed by atoms with Gasteiger partial charge in [0.1, 0.15) is 11.5 Å². The molecule has 0 aliphatic heterocycles. The zero-order valence-corrected chi connectivity index (χ0v) is 11.8. The van der Waals surface area contributed by atoms with Crippen LogP contribution in [0.15, 0.2) is 18.2 Å². The fraction of sp³-hybridized carbons (Fsp3) is 0.429. The monoisotopic (exact) mass is 281 g/mol. The zero-order chi connectivity index (χ0) is 15.1. The van der Waals surface area contributed by atoms with Crippen LogP contribution in [0.4, 0.5) is 0 Å². The minimum atomic E-state index is -0.906. The highest BCUT2D eigenvalue weighted by atomic mass is 16.5. The second-order valence-corrected chi connectivity index (χ2v) is 4.25. The molecule has 0 aliphatic rings. The lowest BCUT2D eigenvalue weighted by Crippen LogP contribution is -2.35. The molecule has 0 spiro atoms. The van der Waals surface area contributed by atoms with Crippen LogP contribution in [-0.2, 0) is 4.79 Å². The van der Waals surface area contributed by atoms with Crippen molar-refractivity contribution in [2.75, 3.05) is 20.8 Å². The summed E-state index contributed by atoms with van der Waals surface area (Å²) < 4.78 is 10.3. The van der Waals surface area contributed by atoms with E-state index in [9.17, 15) is 9.59 Å². The molecule has 6 nitrogen and oxygen atoms in total. The topological polar surface area (TPSA) is 84.9 Å². The summed E-state index contributed by atoms with van der Waals surface area (Å²) in [4.78, 5) is 22.8. The molecule has 1 unspecified atom stereocenters. The number of ketones is 1. The van der Waals surface area contributed by atoms with Gasteiger partial charge in [0.05, 0.1) is 32.2 Å². The quantitative estimate of drug-likeness (QED) is 0.699. The maximum absolute atomic E-state index is 12.3. The van der Waals surface area contributed by atoms with Crippen molar-refractivity contribution in [3.63, 3.8) is 0 Å². The van der Waals surface area contributed by atoms with E-state index in [1.165, 1.54) is 14.2 Å². The number of rotatable bonds is 8. The van der Waals surface area contributed by atoms with E-state index in [-0.39, 0.29) is 18.7 Å². The number of methoxy groups -OCH3 is 2. The summed E-state index contributed by atoms with van der Waals surface area (Å²) in [6, 6.07) is 4.47. The Balaban J connectivity index is 2.81. The van der Waals surface area contributed by atoms with Crippen LogP contribution in [0.25, 0.3) is 0 Å². The molecule has 0 radical (unpaired) electrons. The number of benzene rings is 1. The van der Waals surface area contributed by atoms with Crippen molar-refractivity contribution in [3.8, 4) is 11.5 Å². The van der Waals surface area contributed by atoms with E-state index in [1.54, 1.807) is 25.1 Å². The maximum atomic E-state index is 12.3. The number of aliphatic carboxylic acids is 1. The van der Waals surface area contributed by atoms with Crippen LogP contribution in [0.2, 0.25) is 0 Å². The number of carboxylic acids is 1. The summed E-state index contributed by atoms with van der Waals surface area (Å²) in [6.07, 6.45) is -0.0349. The first-order valence-electron chi connectivity index (χ1n) is 6.21. The first-order chi connectivity index (χ1) is 9.49. The molecule has 0 aromatic heterocycles. The molecule has 0 fully saturated rings. The second kappa shape index (κ2) is 7.49. The van der Waals surface area contributed by atoms with E-state index in [0.717, 1.165) is 0 Å². The van der Waals surface area contributed by atoms with E-state index in [0.29, 0.717) is 17.1 Å². The van der Waals surface area contributed by atoms with Gasteiger partial charge in [-0.05, 0) is 25.1 Å². The van der Waals surface area contributed by atoms with Crippen molar-refractivity contribution < 1.29 is 24.2 Å². The highest BCUT2D eigenvalue weighted by molar-refractivity contribution is 6.02. The molecule has 0 bridgehead atoms. The van der Waals surface area contributed by atoms with Crippen molar-refractivity contribution >= 4 is 11.8 Å². The normalized spacial score (nSPS) is 11.8. The second-order valence-electron chi connectivity index (χ2n) is 4.25. The zero-order valence-electron chi connectivity index (χ0n) is 11.8. The summed E-state index contributed by atoms with van der Waals surface area (Å²) >= 11 is 0. The van der Waals surface area contributed by atoms with Gasteiger partial charge in [0.2, 0.25) is 0 Å². The van der Waals surface area contributed by atoms with Crippen molar-refractivity contribution in [3.05, 3.63) is 23.8 Å². The SMILES string of the molecule is COc1ccc(OC)c(C(=O)C(C)NCCC(=O)O)c1. The van der Waals surface area contributed by atoms with Gasteiger partial charge in [0.15, 0.2) is 5.78 Å². The maximum Gasteiger partial charge on any atom is 0.304 e. The van der Waals surface area contributed by atoms with Gasteiger partial charge in [-0.3, -0.25) is 9.59 Å². The van der Waals surface area contributed by atoms with Crippen molar-refractivity contribution in [2.45, 2.75) is 19.4 Å². The lowest BCUT2D eigenvalue weighted by molar-refractivity contribution is -0.136. The number of nitrogens with one attached hydrogen (secondary N) is 1. The van der Waals surface area contributed by atoms with Gasteiger partial charge in [-0.2, -0.15) is 0 Å². The molecule has 110 valence electrons. The Morgan fingerprint density at radius 2 is 2.00 bits per heavy atom. The van der Waals surface area contributed by atoms with Crippen LogP contribution in [0.5, 0.6) is 11.5 Å². The minimum absolute atomic E-state index is 0.0349. The average Bonchev–Trinajstić information content (AvgIpc) is 2.45. The Morgan fingerprint density at radius 3 is 2.55 bits per heavy atom. The third-order valence-electron chi connectivity index (χ3n) is 2.85. The lowest BCUT2D eigenvalue weighted by Gasteiger charge is -2.15. The van der Waals surface area contributed by atoms with Crippen LogP contribution < -0.4 is 14.8 Å². The Labute approximate surface area is 117 Å². The summed E-state index contributed by atoms with van der Waals surface area (Å²) in [6.45, 7) is 1.91. The van der Waals surface area contributed by atoms with Gasteiger partial charge >= 0.3 is 5.97 Å². The molecule has 1 atom stereocenters. The number of carbonyl (C=O) groups excluding carboxylic acids is 1. The third kappa shape index (κ3) is 4.24. The van der Waals surface area contributed by atoms with Gasteiger partial charge in [-0.25, -0.2) is 0 Å². The molecule has 0 saturated carbocycles. The van der Waals surface area contributed by atoms with E-state index in [4.69, 9.17) is 14.6 Å². The molecule has 0 heterocycles. The van der Waals surface area contributed by atoms with Crippen LogP contribution >= 0.6 is 0 Å². The highest BCUT2D eigenvalue weighted by Gasteiger charge is 2.19. The Hall–Kier alpha value is -2.08. The summed E-state index contributed by atoms with van der Waals surface area (Å²) in [5.41, 5.74) is 0.405. The van der Waals surface area contributed by atoms with Crippen LogP contribution in [0.1, 0.15) is 23.7 Å². The average molecular weight is 281 g/mol. The van der Waals surface area contributed by atoms with Crippen molar-refractivity contribution in [1.29, 1.82) is 0 Å². The standard InChI is InChI=1S/C14H19NO5/c1-9(15-7-6-13(16)17)14(18)11-8-10(19-2)4-5-12(11)20-3/h4-5,8-9,15H,6-7H2,1-3H3,(H,16,17). The minimum Gasteiger partial charge on any atom is -0.497 e. The van der Waals surface area contributed by atoms with Crippen LogP contribution in [0.3, 0.4) is 0 Å². The fourth-order valence-electron chi connectivity index (χ4n) is 1.73. The Bertz CT molecular complexity index is 486. The van der Waals surface area contributed by atoms with Gasteiger partial charge in [-0.1, -0.05) is 0 Å². The number of carboxylic acid groups (broad SMARTS) is 1. The molecular weight excluding hydrogens is 262 g/mol. The van der Waals surface area contributed by atoms with Gasteiger partial charge in [0, 0.05) is 6.54 Å². The predicted octanol–water partition coefficient (Wildman–Crippen LogP) is 1.34. The van der Waals surface area contributed by atoms with E-state index in [1.807, 2.05) is 0 Å². The molecule has 0 amide bonds. The summed E-state index contributed by atoms with van der Waals surface area (Å²) in [5.74, 6) is -0.0585. The molecule has 20 heavy (non-hydrogen) atoms. The van der Waals surface area contributed by atoms with Crippen molar-refractivity contribution in [2.24, 2.45) is 0 Å². The lowest BCUT2D eigenvalue weighted by atomic mass is 10.0. The van der Waals surface area contributed by atoms with Crippen LogP contribution in [0, 0.1) is 0 Å². The van der Waals surface area contributed by atoms with Gasteiger partial charge in [-0.15, -0.1) is 0 Å². The van der Waals surface area contributed by atoms with Gasteiger partial charge < -0.3 is 19.9 Å². The molecular formula is C14H19NO5. The number of Topliss-reactive ketones (excluding diaryl/α,β-unsaturated/α-hetero) is 1. The fourth-order valence-corrected chi connectivity index (χ4v) is 1.73. The number of ether oxygens (including phenoxy) is 2. The number of hydrogen-bond donors (Lipinski definition) is 2. The largest absolute Gasteiger partial charge is 0.497 e. The van der Waals surface area contributed by atoms with E-state index in [2.05, 4.69) is 5.32 Å². The summed E-state index contributed by atoms with van der Waals surface area (Å²) in [7, 11) is 3.01. The molecule has 6 heteroatoms. The Kier molecular flexibility index (Phi) is 5.99. The highest BCUT2D eigenvalue weighted by Crippen LogP contribution is 2.25. The third-order valence-corrected chi connectivity index (χ3v) is 2.85. The first-order valence-corrected chi connectivity index (χ1v) is 6.21. The molecule has 0 saturated heterocycles. The molecule has 1 rings (SSSR count).